The molecule has 0 saturated carbocycles. The number of halogens is 3. The molecule has 0 fully saturated rings. The number of amides is 2. The lowest BCUT2D eigenvalue weighted by molar-refractivity contribution is -0.136. The Labute approximate surface area is 124 Å². The summed E-state index contributed by atoms with van der Waals surface area (Å²) in [6, 6.07) is 6.95. The van der Waals surface area contributed by atoms with Crippen molar-refractivity contribution in [3.63, 3.8) is 0 Å². The van der Waals surface area contributed by atoms with Crippen LogP contribution in [0.1, 0.15) is 5.56 Å². The minimum absolute atomic E-state index is 0.322. The Bertz CT molecular complexity index is 657. The van der Waals surface area contributed by atoms with Crippen molar-refractivity contribution in [1.29, 1.82) is 0 Å². The molecule has 0 saturated heterocycles. The molecule has 116 valence electrons. The summed E-state index contributed by atoms with van der Waals surface area (Å²) >= 11 is 0. The van der Waals surface area contributed by atoms with Crippen LogP contribution in [0.2, 0.25) is 0 Å². The summed E-state index contributed by atoms with van der Waals surface area (Å²) in [7, 11) is 1.44. The molecule has 0 aliphatic rings. The van der Waals surface area contributed by atoms with Gasteiger partial charge in [-0.2, -0.15) is 13.2 Å². The van der Waals surface area contributed by atoms with Crippen LogP contribution in [-0.2, 0) is 6.18 Å². The predicted octanol–water partition coefficient (Wildman–Crippen LogP) is 3.75. The molecule has 0 aliphatic heterocycles. The maximum absolute atomic E-state index is 12.8. The Morgan fingerprint density at radius 3 is 2.45 bits per heavy atom. The van der Waals surface area contributed by atoms with Crippen molar-refractivity contribution in [2.75, 3.05) is 17.7 Å². The van der Waals surface area contributed by atoms with E-state index >= 15 is 0 Å². The van der Waals surface area contributed by atoms with E-state index in [9.17, 15) is 18.0 Å². The molecule has 1 aromatic heterocycles. The number of ether oxygens (including phenoxy) is 1. The molecule has 0 bridgehead atoms. The van der Waals surface area contributed by atoms with E-state index in [0.29, 0.717) is 11.6 Å². The van der Waals surface area contributed by atoms with Crippen molar-refractivity contribution >= 4 is 17.4 Å². The second-order valence-corrected chi connectivity index (χ2v) is 4.21. The number of alkyl halides is 3. The van der Waals surface area contributed by atoms with Gasteiger partial charge in [0.2, 0.25) is 5.88 Å². The van der Waals surface area contributed by atoms with Crippen LogP contribution in [0.3, 0.4) is 0 Å². The van der Waals surface area contributed by atoms with Crippen molar-refractivity contribution in [2.45, 2.75) is 6.18 Å². The average molecular weight is 311 g/mol. The van der Waals surface area contributed by atoms with Crippen molar-refractivity contribution in [2.24, 2.45) is 0 Å². The first-order chi connectivity index (χ1) is 10.4. The monoisotopic (exact) mass is 311 g/mol. The molecule has 0 atom stereocenters. The number of methoxy groups -OCH3 is 1. The van der Waals surface area contributed by atoms with Gasteiger partial charge in [-0.1, -0.05) is 12.1 Å². The molecule has 1 aromatic carbocycles. The standard InChI is InChI=1S/C14H12F3N3O2/c1-22-12-7-6-9(8-18-12)19-13(21)20-11-5-3-2-4-10(11)14(15,16)17/h2-8H,1H3,(H2,19,20,21). The molecular weight excluding hydrogens is 299 g/mol. The number of hydrogen-bond acceptors (Lipinski definition) is 3. The number of nitrogens with one attached hydrogen (secondary N) is 2. The lowest BCUT2D eigenvalue weighted by Gasteiger charge is -2.14. The first-order valence-corrected chi connectivity index (χ1v) is 6.14. The largest absolute Gasteiger partial charge is 0.481 e. The maximum atomic E-state index is 12.8. The summed E-state index contributed by atoms with van der Waals surface area (Å²) in [5.41, 5.74) is -0.922. The number of para-hydroxylation sites is 1. The van der Waals surface area contributed by atoms with Crippen LogP contribution in [0.25, 0.3) is 0 Å². The number of aromatic nitrogens is 1. The molecular formula is C14H12F3N3O2. The topological polar surface area (TPSA) is 63.2 Å². The third-order valence-corrected chi connectivity index (χ3v) is 2.68. The summed E-state index contributed by atoms with van der Waals surface area (Å²) in [5, 5.41) is 4.55. The van der Waals surface area contributed by atoms with Crippen LogP contribution in [0, 0.1) is 0 Å². The number of pyridine rings is 1. The molecule has 2 amide bonds. The normalized spacial score (nSPS) is 10.9. The molecule has 2 N–H and O–H groups in total. The number of rotatable bonds is 3. The van der Waals surface area contributed by atoms with Gasteiger partial charge >= 0.3 is 12.2 Å². The molecule has 5 nitrogen and oxygen atoms in total. The predicted molar refractivity (Wildman–Crippen MR) is 74.9 cm³/mol. The van der Waals surface area contributed by atoms with E-state index in [1.54, 1.807) is 0 Å². The van der Waals surface area contributed by atoms with E-state index in [-0.39, 0.29) is 5.69 Å². The smallest absolute Gasteiger partial charge is 0.418 e. The molecule has 1 heterocycles. The van der Waals surface area contributed by atoms with Crippen LogP contribution in [-0.4, -0.2) is 18.1 Å². The van der Waals surface area contributed by atoms with Gasteiger partial charge < -0.3 is 15.4 Å². The zero-order chi connectivity index (χ0) is 16.2. The number of carbonyl (C=O) groups excluding carboxylic acids is 1. The first kappa shape index (κ1) is 15.6. The number of urea groups is 1. The Kier molecular flexibility index (Phi) is 4.50. The molecule has 0 unspecified atom stereocenters. The summed E-state index contributed by atoms with van der Waals surface area (Å²) in [6.07, 6.45) is -3.22. The first-order valence-electron chi connectivity index (χ1n) is 6.14. The van der Waals surface area contributed by atoms with E-state index in [2.05, 4.69) is 15.6 Å². The fourth-order valence-electron chi connectivity index (χ4n) is 1.70. The highest BCUT2D eigenvalue weighted by atomic mass is 19.4. The third-order valence-electron chi connectivity index (χ3n) is 2.68. The second-order valence-electron chi connectivity index (χ2n) is 4.21. The highest BCUT2D eigenvalue weighted by molar-refractivity contribution is 6.00. The van der Waals surface area contributed by atoms with Gasteiger partial charge in [0.1, 0.15) is 0 Å². The fourth-order valence-corrected chi connectivity index (χ4v) is 1.70. The zero-order valence-electron chi connectivity index (χ0n) is 11.4. The van der Waals surface area contributed by atoms with Gasteiger partial charge in [-0.15, -0.1) is 0 Å². The van der Waals surface area contributed by atoms with Crippen LogP contribution < -0.4 is 15.4 Å². The Morgan fingerprint density at radius 2 is 1.86 bits per heavy atom. The van der Waals surface area contributed by atoms with Crippen LogP contribution >= 0.6 is 0 Å². The highest BCUT2D eigenvalue weighted by Gasteiger charge is 2.33. The number of benzene rings is 1. The van der Waals surface area contributed by atoms with E-state index in [1.165, 1.54) is 43.6 Å². The lowest BCUT2D eigenvalue weighted by Crippen LogP contribution is -2.21. The molecule has 0 radical (unpaired) electrons. The number of carbonyl (C=O) groups is 1. The molecule has 22 heavy (non-hydrogen) atoms. The molecule has 8 heteroatoms. The van der Waals surface area contributed by atoms with E-state index in [4.69, 9.17) is 4.74 Å². The van der Waals surface area contributed by atoms with E-state index < -0.39 is 17.8 Å². The van der Waals surface area contributed by atoms with Gasteiger partial charge in [-0.05, 0) is 18.2 Å². The van der Waals surface area contributed by atoms with Crippen LogP contribution in [0.5, 0.6) is 5.88 Å². The van der Waals surface area contributed by atoms with Crippen molar-refractivity contribution in [3.05, 3.63) is 48.2 Å². The lowest BCUT2D eigenvalue weighted by atomic mass is 10.1. The van der Waals surface area contributed by atoms with Crippen LogP contribution in [0.4, 0.5) is 29.3 Å². The van der Waals surface area contributed by atoms with Crippen molar-refractivity contribution in [3.8, 4) is 5.88 Å². The molecule has 2 aromatic rings. The molecule has 0 spiro atoms. The summed E-state index contributed by atoms with van der Waals surface area (Å²) in [6.45, 7) is 0. The summed E-state index contributed by atoms with van der Waals surface area (Å²) in [5.74, 6) is 0.355. The van der Waals surface area contributed by atoms with Gasteiger partial charge in [0, 0.05) is 6.07 Å². The van der Waals surface area contributed by atoms with Gasteiger partial charge in [0.05, 0.1) is 30.2 Å². The average Bonchev–Trinajstić information content (AvgIpc) is 2.47. The SMILES string of the molecule is COc1ccc(NC(=O)Nc2ccccc2C(F)(F)F)cn1. The quantitative estimate of drug-likeness (QED) is 0.907. The summed E-state index contributed by atoms with van der Waals surface area (Å²) in [4.78, 5) is 15.6. The van der Waals surface area contributed by atoms with E-state index in [1.807, 2.05) is 0 Å². The van der Waals surface area contributed by atoms with Crippen molar-refractivity contribution in [1.82, 2.24) is 4.98 Å². The number of nitrogens with zero attached hydrogens (tertiary/aromatic N) is 1. The fraction of sp³-hybridized carbons (Fsp3) is 0.143. The van der Waals surface area contributed by atoms with Gasteiger partial charge in [-0.3, -0.25) is 0 Å². The Hall–Kier alpha value is -2.77. The van der Waals surface area contributed by atoms with Gasteiger partial charge in [0.25, 0.3) is 0 Å². The Morgan fingerprint density at radius 1 is 1.14 bits per heavy atom. The van der Waals surface area contributed by atoms with Gasteiger partial charge in [0.15, 0.2) is 0 Å². The maximum Gasteiger partial charge on any atom is 0.418 e. The zero-order valence-corrected chi connectivity index (χ0v) is 11.4. The van der Waals surface area contributed by atoms with Crippen molar-refractivity contribution < 1.29 is 22.7 Å². The summed E-state index contributed by atoms with van der Waals surface area (Å²) < 4.78 is 43.3. The second kappa shape index (κ2) is 6.33. The molecule has 2 rings (SSSR count). The molecule has 0 aliphatic carbocycles. The van der Waals surface area contributed by atoms with Gasteiger partial charge in [-0.25, -0.2) is 9.78 Å². The minimum Gasteiger partial charge on any atom is -0.481 e. The number of anilines is 2. The number of hydrogen-bond donors (Lipinski definition) is 2. The van der Waals surface area contributed by atoms with Crippen LogP contribution in [0.15, 0.2) is 42.6 Å². The van der Waals surface area contributed by atoms with E-state index in [0.717, 1.165) is 6.07 Å². The minimum atomic E-state index is -4.55. The third kappa shape index (κ3) is 3.87. The highest BCUT2D eigenvalue weighted by Crippen LogP contribution is 2.34. The Balaban J connectivity index is 2.09.